The van der Waals surface area contributed by atoms with Gasteiger partial charge in [0.2, 0.25) is 11.7 Å². The smallest absolute Gasteiger partial charge is 0.238 e. The van der Waals surface area contributed by atoms with Crippen LogP contribution in [-0.2, 0) is 6.42 Å². The van der Waals surface area contributed by atoms with Gasteiger partial charge in [-0.1, -0.05) is 5.16 Å². The monoisotopic (exact) mass is 259 g/mol. The highest BCUT2D eigenvalue weighted by Crippen LogP contribution is 2.34. The molecule has 5 nitrogen and oxygen atoms in total. The molecule has 5 heterocycles. The predicted octanol–water partition coefficient (Wildman–Crippen LogP) is 2.21. The Hall–Kier alpha value is -1.62. The molecule has 0 aliphatic carbocycles. The van der Waals surface area contributed by atoms with Gasteiger partial charge in [-0.05, 0) is 49.9 Å². The highest BCUT2D eigenvalue weighted by atomic mass is 16.5. The number of fused-ring (bicyclic) bond motifs is 3. The molecule has 2 bridgehead atoms. The number of hydrogen-bond donors (Lipinski definition) is 0. The molecule has 0 radical (unpaired) electrons. The molecule has 2 aromatic rings. The van der Waals surface area contributed by atoms with Crippen LogP contribution in [0.2, 0.25) is 0 Å². The fourth-order valence-corrected chi connectivity index (χ4v) is 3.39. The van der Waals surface area contributed by atoms with E-state index in [0.717, 1.165) is 18.2 Å². The second kappa shape index (κ2) is 4.49. The van der Waals surface area contributed by atoms with Gasteiger partial charge in [0.15, 0.2) is 5.76 Å². The molecular formula is C14H17N3O2. The average Bonchev–Trinajstić information content (AvgIpc) is 3.10. The first-order valence-electron chi connectivity index (χ1n) is 6.97. The van der Waals surface area contributed by atoms with Crippen LogP contribution < -0.4 is 0 Å². The first-order chi connectivity index (χ1) is 9.38. The predicted molar refractivity (Wildman–Crippen MR) is 68.4 cm³/mol. The molecule has 0 aromatic carbocycles. The van der Waals surface area contributed by atoms with Crippen LogP contribution in [0, 0.1) is 11.8 Å². The van der Waals surface area contributed by atoms with Gasteiger partial charge in [-0.2, -0.15) is 4.98 Å². The van der Waals surface area contributed by atoms with Crippen LogP contribution in [0.25, 0.3) is 11.6 Å². The van der Waals surface area contributed by atoms with E-state index in [1.165, 1.54) is 32.5 Å². The number of aromatic nitrogens is 2. The van der Waals surface area contributed by atoms with Crippen molar-refractivity contribution in [3.8, 4) is 11.6 Å². The molecule has 1 atom stereocenters. The maximum atomic E-state index is 5.36. The van der Waals surface area contributed by atoms with Crippen molar-refractivity contribution in [2.75, 3.05) is 19.6 Å². The first kappa shape index (κ1) is 11.2. The molecule has 2 aromatic heterocycles. The normalized spacial score (nSPS) is 29.8. The summed E-state index contributed by atoms with van der Waals surface area (Å²) in [5.74, 6) is 3.48. The van der Waals surface area contributed by atoms with Crippen molar-refractivity contribution in [3.05, 3.63) is 24.3 Å². The van der Waals surface area contributed by atoms with Crippen molar-refractivity contribution >= 4 is 0 Å². The highest BCUT2D eigenvalue weighted by molar-refractivity contribution is 5.44. The van der Waals surface area contributed by atoms with E-state index in [-0.39, 0.29) is 0 Å². The van der Waals surface area contributed by atoms with Crippen LogP contribution in [0.3, 0.4) is 0 Å². The summed E-state index contributed by atoms with van der Waals surface area (Å²) in [6.45, 7) is 3.72. The van der Waals surface area contributed by atoms with E-state index in [2.05, 4.69) is 15.0 Å². The minimum Gasteiger partial charge on any atom is -0.461 e. The Kier molecular flexibility index (Phi) is 2.65. The van der Waals surface area contributed by atoms with Crippen LogP contribution in [0.15, 0.2) is 27.3 Å². The molecular weight excluding hydrogens is 242 g/mol. The standard InChI is InChI=1S/C14H17N3O2/c1-2-12(18-7-1)14-15-13(19-16-14)8-11-9-17-5-3-10(11)4-6-17/h1-2,7,10-11H,3-6,8-9H2. The molecule has 0 saturated carbocycles. The van der Waals surface area contributed by atoms with Crippen molar-refractivity contribution in [2.24, 2.45) is 11.8 Å². The van der Waals surface area contributed by atoms with Crippen molar-refractivity contribution in [1.29, 1.82) is 0 Å². The lowest BCUT2D eigenvalue weighted by Crippen LogP contribution is -2.48. The van der Waals surface area contributed by atoms with E-state index in [1.807, 2.05) is 12.1 Å². The van der Waals surface area contributed by atoms with Gasteiger partial charge in [0.1, 0.15) is 0 Å². The van der Waals surface area contributed by atoms with Gasteiger partial charge in [-0.25, -0.2) is 0 Å². The molecule has 5 heteroatoms. The fourth-order valence-electron chi connectivity index (χ4n) is 3.39. The van der Waals surface area contributed by atoms with Crippen molar-refractivity contribution in [3.63, 3.8) is 0 Å². The van der Waals surface area contributed by atoms with Gasteiger partial charge in [0.05, 0.1) is 6.26 Å². The maximum Gasteiger partial charge on any atom is 0.238 e. The van der Waals surface area contributed by atoms with Gasteiger partial charge in [-0.15, -0.1) is 0 Å². The number of piperidine rings is 3. The molecule has 100 valence electrons. The Balaban J connectivity index is 1.48. The molecule has 3 fully saturated rings. The Labute approximate surface area is 111 Å². The van der Waals surface area contributed by atoms with Crippen LogP contribution >= 0.6 is 0 Å². The second-order valence-corrected chi connectivity index (χ2v) is 5.59. The van der Waals surface area contributed by atoms with Gasteiger partial charge >= 0.3 is 0 Å². The molecule has 3 saturated heterocycles. The third-order valence-corrected chi connectivity index (χ3v) is 4.44. The van der Waals surface area contributed by atoms with Gasteiger partial charge in [0, 0.05) is 13.0 Å². The van der Waals surface area contributed by atoms with Gasteiger partial charge < -0.3 is 13.8 Å². The van der Waals surface area contributed by atoms with E-state index >= 15 is 0 Å². The third kappa shape index (κ3) is 2.08. The quantitative estimate of drug-likeness (QED) is 0.846. The summed E-state index contributed by atoms with van der Waals surface area (Å²) >= 11 is 0. The van der Waals surface area contributed by atoms with E-state index in [1.54, 1.807) is 6.26 Å². The summed E-state index contributed by atoms with van der Waals surface area (Å²) in [5.41, 5.74) is 0. The average molecular weight is 259 g/mol. The number of rotatable bonds is 3. The fraction of sp³-hybridized carbons (Fsp3) is 0.571. The summed E-state index contributed by atoms with van der Waals surface area (Å²) in [6.07, 6.45) is 5.17. The molecule has 1 unspecified atom stereocenters. The molecule has 3 aliphatic rings. The van der Waals surface area contributed by atoms with Crippen LogP contribution in [-0.4, -0.2) is 34.7 Å². The Morgan fingerprint density at radius 3 is 2.89 bits per heavy atom. The van der Waals surface area contributed by atoms with Crippen LogP contribution in [0.5, 0.6) is 0 Å². The lowest BCUT2D eigenvalue weighted by Gasteiger charge is -2.44. The van der Waals surface area contributed by atoms with Gasteiger partial charge in [-0.3, -0.25) is 0 Å². The summed E-state index contributed by atoms with van der Waals surface area (Å²) in [6, 6.07) is 3.68. The lowest BCUT2D eigenvalue weighted by atomic mass is 9.77. The van der Waals surface area contributed by atoms with E-state index in [4.69, 9.17) is 8.94 Å². The summed E-state index contributed by atoms with van der Waals surface area (Å²) in [7, 11) is 0. The SMILES string of the molecule is c1coc(-c2noc(CC3CN4CCC3CC4)n2)c1. The van der Waals surface area contributed by atoms with Crippen LogP contribution in [0.1, 0.15) is 18.7 Å². The second-order valence-electron chi connectivity index (χ2n) is 5.59. The topological polar surface area (TPSA) is 55.3 Å². The lowest BCUT2D eigenvalue weighted by molar-refractivity contribution is 0.0473. The zero-order chi connectivity index (χ0) is 12.7. The van der Waals surface area contributed by atoms with Crippen molar-refractivity contribution < 1.29 is 8.94 Å². The summed E-state index contributed by atoms with van der Waals surface area (Å²) < 4.78 is 10.6. The highest BCUT2D eigenvalue weighted by Gasteiger charge is 2.35. The van der Waals surface area contributed by atoms with Gasteiger partial charge in [0.25, 0.3) is 0 Å². The Bertz CT molecular complexity index is 541. The van der Waals surface area contributed by atoms with E-state index in [0.29, 0.717) is 17.5 Å². The molecule has 0 amide bonds. The zero-order valence-electron chi connectivity index (χ0n) is 10.8. The first-order valence-corrected chi connectivity index (χ1v) is 6.97. The minimum absolute atomic E-state index is 0.557. The molecule has 0 N–H and O–H groups in total. The van der Waals surface area contributed by atoms with E-state index in [9.17, 15) is 0 Å². The summed E-state index contributed by atoms with van der Waals surface area (Å²) in [4.78, 5) is 6.99. The van der Waals surface area contributed by atoms with Crippen molar-refractivity contribution in [2.45, 2.75) is 19.3 Å². The third-order valence-electron chi connectivity index (χ3n) is 4.44. The molecule has 5 rings (SSSR count). The number of nitrogens with zero attached hydrogens (tertiary/aromatic N) is 3. The molecule has 3 aliphatic heterocycles. The number of furan rings is 1. The zero-order valence-corrected chi connectivity index (χ0v) is 10.8. The number of hydrogen-bond acceptors (Lipinski definition) is 5. The van der Waals surface area contributed by atoms with Crippen molar-refractivity contribution in [1.82, 2.24) is 15.0 Å². The Morgan fingerprint density at radius 1 is 1.32 bits per heavy atom. The largest absolute Gasteiger partial charge is 0.461 e. The van der Waals surface area contributed by atoms with Crippen LogP contribution in [0.4, 0.5) is 0 Å². The van der Waals surface area contributed by atoms with E-state index < -0.39 is 0 Å². The molecule has 0 spiro atoms. The Morgan fingerprint density at radius 2 is 2.21 bits per heavy atom. The maximum absolute atomic E-state index is 5.36. The molecule has 19 heavy (non-hydrogen) atoms. The summed E-state index contributed by atoms with van der Waals surface area (Å²) in [5, 5.41) is 3.99. The minimum atomic E-state index is 0.557.